The van der Waals surface area contributed by atoms with E-state index in [1.54, 1.807) is 0 Å². The average molecular weight is 259 g/mol. The molecule has 102 valence electrons. The first-order chi connectivity index (χ1) is 9.19. The summed E-state index contributed by atoms with van der Waals surface area (Å²) in [4.78, 5) is 14.3. The van der Waals surface area contributed by atoms with Crippen molar-refractivity contribution in [3.05, 3.63) is 34.9 Å². The minimum atomic E-state index is 0.165. The van der Waals surface area contributed by atoms with Crippen LogP contribution in [0.25, 0.3) is 0 Å². The summed E-state index contributed by atoms with van der Waals surface area (Å²) in [6, 6.07) is 6.07. The fourth-order valence-electron chi connectivity index (χ4n) is 3.53. The van der Waals surface area contributed by atoms with Gasteiger partial charge in [-0.15, -0.1) is 0 Å². The first-order valence-corrected chi connectivity index (χ1v) is 7.18. The second kappa shape index (κ2) is 4.97. The van der Waals surface area contributed by atoms with Crippen LogP contribution in [0.1, 0.15) is 40.7 Å². The van der Waals surface area contributed by atoms with E-state index in [1.165, 1.54) is 12.0 Å². The van der Waals surface area contributed by atoms with Gasteiger partial charge in [0.1, 0.15) is 0 Å². The Morgan fingerprint density at radius 2 is 2.11 bits per heavy atom. The molecule has 0 bridgehead atoms. The van der Waals surface area contributed by atoms with Gasteiger partial charge in [0.25, 0.3) is 5.91 Å². The number of hydrogen-bond acceptors (Lipinski definition) is 2. The molecule has 1 N–H and O–H groups in total. The number of nitrogens with zero attached hydrogens (tertiary/aromatic N) is 1. The van der Waals surface area contributed by atoms with Crippen molar-refractivity contribution in [3.63, 3.8) is 0 Å². The van der Waals surface area contributed by atoms with E-state index in [4.69, 9.17) is 0 Å². The summed E-state index contributed by atoms with van der Waals surface area (Å²) in [6.07, 6.45) is 3.43. The maximum Gasteiger partial charge on any atom is 0.254 e. The molecule has 1 saturated carbocycles. The minimum Gasteiger partial charge on any atom is -0.396 e. The van der Waals surface area contributed by atoms with Crippen molar-refractivity contribution >= 4 is 5.91 Å². The van der Waals surface area contributed by atoms with Crippen LogP contribution in [0.2, 0.25) is 0 Å². The first kappa shape index (κ1) is 12.7. The van der Waals surface area contributed by atoms with Crippen molar-refractivity contribution in [1.29, 1.82) is 0 Å². The Morgan fingerprint density at radius 1 is 1.32 bits per heavy atom. The molecule has 3 heteroatoms. The number of rotatable bonds is 3. The van der Waals surface area contributed by atoms with Crippen molar-refractivity contribution in [3.8, 4) is 0 Å². The Hall–Kier alpha value is -1.35. The average Bonchev–Trinajstić information content (AvgIpc) is 2.95. The summed E-state index contributed by atoms with van der Waals surface area (Å²) in [7, 11) is 0. The topological polar surface area (TPSA) is 40.5 Å². The molecule has 1 amide bonds. The molecule has 3 nitrogen and oxygen atoms in total. The van der Waals surface area contributed by atoms with Crippen molar-refractivity contribution < 1.29 is 9.90 Å². The number of benzene rings is 1. The highest BCUT2D eigenvalue weighted by molar-refractivity contribution is 5.98. The number of fused-ring (bicyclic) bond motifs is 1. The number of carbonyl (C=O) groups excluding carboxylic acids is 1. The number of aliphatic hydroxyl groups excluding tert-OH is 1. The third kappa shape index (κ3) is 2.27. The van der Waals surface area contributed by atoms with Crippen molar-refractivity contribution in [2.24, 2.45) is 11.8 Å². The lowest BCUT2D eigenvalue weighted by atomic mass is 9.96. The molecule has 0 saturated heterocycles. The smallest absolute Gasteiger partial charge is 0.254 e. The normalized spacial score (nSPS) is 26.0. The quantitative estimate of drug-likeness (QED) is 0.905. The second-order valence-corrected chi connectivity index (χ2v) is 5.98. The van der Waals surface area contributed by atoms with Crippen LogP contribution in [0.3, 0.4) is 0 Å². The van der Waals surface area contributed by atoms with Crippen molar-refractivity contribution in [1.82, 2.24) is 4.90 Å². The van der Waals surface area contributed by atoms with Gasteiger partial charge in [0.2, 0.25) is 0 Å². The molecule has 2 atom stereocenters. The molecule has 3 rings (SSSR count). The van der Waals surface area contributed by atoms with Crippen LogP contribution in [0.15, 0.2) is 18.2 Å². The monoisotopic (exact) mass is 259 g/mol. The van der Waals surface area contributed by atoms with Crippen LogP contribution in [-0.2, 0) is 6.54 Å². The molecule has 2 aliphatic rings. The third-order valence-corrected chi connectivity index (χ3v) is 4.65. The summed E-state index contributed by atoms with van der Waals surface area (Å²) in [5.74, 6) is 1.03. The number of aliphatic hydroxyl groups is 1. The largest absolute Gasteiger partial charge is 0.396 e. The van der Waals surface area contributed by atoms with E-state index < -0.39 is 0 Å². The number of amides is 1. The van der Waals surface area contributed by atoms with Gasteiger partial charge in [-0.3, -0.25) is 4.79 Å². The Morgan fingerprint density at radius 3 is 2.89 bits per heavy atom. The van der Waals surface area contributed by atoms with Crippen molar-refractivity contribution in [2.45, 2.75) is 32.7 Å². The number of hydrogen-bond donors (Lipinski definition) is 1. The molecule has 1 aromatic rings. The molecular weight excluding hydrogens is 238 g/mol. The highest BCUT2D eigenvalue weighted by Crippen LogP contribution is 2.34. The molecule has 1 aliphatic carbocycles. The zero-order chi connectivity index (χ0) is 13.4. The second-order valence-electron chi connectivity index (χ2n) is 5.98. The SMILES string of the molecule is Cc1ccc2c(c1)CN(CC1CCCC1CO)C2=O. The predicted octanol–water partition coefficient (Wildman–Crippen LogP) is 2.36. The predicted molar refractivity (Wildman–Crippen MR) is 73.8 cm³/mol. The number of aryl methyl sites for hydroxylation is 1. The van der Waals surface area contributed by atoms with Crippen molar-refractivity contribution in [2.75, 3.05) is 13.2 Å². The van der Waals surface area contributed by atoms with Crippen LogP contribution in [0.5, 0.6) is 0 Å². The van der Waals surface area contributed by atoms with Gasteiger partial charge in [0.05, 0.1) is 0 Å². The summed E-state index contributed by atoms with van der Waals surface area (Å²) in [5.41, 5.74) is 3.23. The van der Waals surface area contributed by atoms with E-state index in [9.17, 15) is 9.90 Å². The number of carbonyl (C=O) groups is 1. The molecule has 1 heterocycles. The maximum atomic E-state index is 12.4. The van der Waals surface area contributed by atoms with E-state index in [0.717, 1.165) is 37.1 Å². The molecule has 2 unspecified atom stereocenters. The van der Waals surface area contributed by atoms with E-state index >= 15 is 0 Å². The zero-order valence-corrected chi connectivity index (χ0v) is 11.4. The molecule has 19 heavy (non-hydrogen) atoms. The van der Waals surface area contributed by atoms with Crippen LogP contribution in [0.4, 0.5) is 0 Å². The molecule has 1 aliphatic heterocycles. The van der Waals surface area contributed by atoms with Gasteiger partial charge in [0.15, 0.2) is 0 Å². The third-order valence-electron chi connectivity index (χ3n) is 4.65. The maximum absolute atomic E-state index is 12.4. The van der Waals surface area contributed by atoms with E-state index in [-0.39, 0.29) is 12.5 Å². The molecular formula is C16H21NO2. The molecule has 0 aromatic heterocycles. The molecule has 1 fully saturated rings. The highest BCUT2D eigenvalue weighted by atomic mass is 16.3. The lowest BCUT2D eigenvalue weighted by molar-refractivity contribution is 0.0719. The zero-order valence-electron chi connectivity index (χ0n) is 11.4. The lowest BCUT2D eigenvalue weighted by Crippen LogP contribution is -2.32. The van der Waals surface area contributed by atoms with Crippen LogP contribution in [0, 0.1) is 18.8 Å². The van der Waals surface area contributed by atoms with Crippen LogP contribution < -0.4 is 0 Å². The molecule has 0 radical (unpaired) electrons. The lowest BCUT2D eigenvalue weighted by Gasteiger charge is -2.24. The van der Waals surface area contributed by atoms with Gasteiger partial charge in [-0.05, 0) is 43.2 Å². The van der Waals surface area contributed by atoms with Gasteiger partial charge >= 0.3 is 0 Å². The molecule has 1 aromatic carbocycles. The van der Waals surface area contributed by atoms with E-state index in [1.807, 2.05) is 17.0 Å². The Balaban J connectivity index is 1.73. The van der Waals surface area contributed by atoms with Gasteiger partial charge in [-0.25, -0.2) is 0 Å². The Labute approximate surface area is 114 Å². The minimum absolute atomic E-state index is 0.165. The van der Waals surface area contributed by atoms with Crippen LogP contribution >= 0.6 is 0 Å². The first-order valence-electron chi connectivity index (χ1n) is 7.18. The standard InChI is InChI=1S/C16H21NO2/c1-11-5-6-15-14(7-11)9-17(16(15)19)8-12-3-2-4-13(12)10-18/h5-7,12-13,18H,2-4,8-10H2,1H3. The fraction of sp³-hybridized carbons (Fsp3) is 0.562. The van der Waals surface area contributed by atoms with Gasteiger partial charge in [-0.1, -0.05) is 24.1 Å². The Bertz CT molecular complexity index is 498. The van der Waals surface area contributed by atoms with Crippen LogP contribution in [-0.4, -0.2) is 29.1 Å². The van der Waals surface area contributed by atoms with E-state index in [2.05, 4.69) is 13.0 Å². The van der Waals surface area contributed by atoms with E-state index in [0.29, 0.717) is 11.8 Å². The van der Waals surface area contributed by atoms with Gasteiger partial charge in [-0.2, -0.15) is 0 Å². The summed E-state index contributed by atoms with van der Waals surface area (Å²) in [6.45, 7) is 3.87. The Kier molecular flexibility index (Phi) is 3.31. The molecule has 0 spiro atoms. The highest BCUT2D eigenvalue weighted by Gasteiger charge is 2.33. The van der Waals surface area contributed by atoms with Gasteiger partial charge in [0, 0.05) is 25.3 Å². The fourth-order valence-corrected chi connectivity index (χ4v) is 3.53. The van der Waals surface area contributed by atoms with Gasteiger partial charge < -0.3 is 10.0 Å². The summed E-state index contributed by atoms with van der Waals surface area (Å²) < 4.78 is 0. The summed E-state index contributed by atoms with van der Waals surface area (Å²) in [5, 5.41) is 9.38. The summed E-state index contributed by atoms with van der Waals surface area (Å²) >= 11 is 0.